The van der Waals surface area contributed by atoms with Gasteiger partial charge in [-0.05, 0) is 18.2 Å². The van der Waals surface area contributed by atoms with E-state index in [0.29, 0.717) is 33.5 Å². The lowest BCUT2D eigenvalue weighted by Gasteiger charge is -2.11. The Hall–Kier alpha value is -3.56. The number of benzene rings is 1. The summed E-state index contributed by atoms with van der Waals surface area (Å²) in [5.74, 6) is -0.486. The zero-order valence-corrected chi connectivity index (χ0v) is 15.0. The molecule has 2 aromatic heterocycles. The van der Waals surface area contributed by atoms with Gasteiger partial charge in [-0.25, -0.2) is 4.79 Å². The summed E-state index contributed by atoms with van der Waals surface area (Å²) in [5.41, 5.74) is -1.97. The van der Waals surface area contributed by atoms with E-state index in [0.717, 1.165) is 12.1 Å². The number of esters is 1. The van der Waals surface area contributed by atoms with Gasteiger partial charge in [0, 0.05) is 35.3 Å². The van der Waals surface area contributed by atoms with Gasteiger partial charge >= 0.3 is 17.8 Å². The molecular formula is C19H14F3NO6. The number of carbonyl (C=O) groups excluding carboxylic acids is 1. The molecule has 0 radical (unpaired) electrons. The summed E-state index contributed by atoms with van der Waals surface area (Å²) < 4.78 is 54.1. The lowest BCUT2D eigenvalue weighted by atomic mass is 10.1. The highest BCUT2D eigenvalue weighted by molar-refractivity contribution is 5.81. The minimum Gasteiger partial charge on any atom is -0.497 e. The van der Waals surface area contributed by atoms with E-state index in [2.05, 4.69) is 0 Å². The Labute approximate surface area is 160 Å². The molecule has 0 amide bonds. The molecule has 0 saturated carbocycles. The maximum Gasteiger partial charge on any atom is 0.417 e. The molecule has 0 aliphatic rings. The molecule has 0 bridgehead atoms. The quantitative estimate of drug-likeness (QED) is 0.476. The molecule has 10 heteroatoms. The zero-order chi connectivity index (χ0) is 21.2. The van der Waals surface area contributed by atoms with Crippen LogP contribution < -0.4 is 15.9 Å². The molecule has 2 heterocycles. The van der Waals surface area contributed by atoms with Crippen molar-refractivity contribution in [2.45, 2.75) is 19.3 Å². The molecule has 0 aliphatic heterocycles. The summed E-state index contributed by atoms with van der Waals surface area (Å²) in [6, 6.07) is 7.21. The topological polar surface area (TPSA) is 87.7 Å². The van der Waals surface area contributed by atoms with Crippen molar-refractivity contribution in [2.24, 2.45) is 0 Å². The zero-order valence-electron chi connectivity index (χ0n) is 15.0. The number of fused-ring (bicyclic) bond motifs is 1. The van der Waals surface area contributed by atoms with E-state index in [1.54, 1.807) is 12.1 Å². The fourth-order valence-electron chi connectivity index (χ4n) is 2.62. The summed E-state index contributed by atoms with van der Waals surface area (Å²) in [6.45, 7) is -1.04. The molecule has 1 aromatic carbocycles. The first-order valence-electron chi connectivity index (χ1n) is 8.21. The summed E-state index contributed by atoms with van der Waals surface area (Å²) in [4.78, 5) is 35.5. The second-order valence-corrected chi connectivity index (χ2v) is 6.00. The molecule has 0 spiro atoms. The smallest absolute Gasteiger partial charge is 0.417 e. The average molecular weight is 409 g/mol. The number of methoxy groups -OCH3 is 1. The van der Waals surface area contributed by atoms with Crippen molar-refractivity contribution < 1.29 is 31.9 Å². The van der Waals surface area contributed by atoms with E-state index in [4.69, 9.17) is 13.9 Å². The number of aromatic nitrogens is 1. The Bertz CT molecular complexity index is 1180. The average Bonchev–Trinajstić information content (AvgIpc) is 2.66. The molecule has 0 atom stereocenters. The third-order valence-electron chi connectivity index (χ3n) is 4.04. The van der Waals surface area contributed by atoms with Crippen LogP contribution in [0.2, 0.25) is 0 Å². The van der Waals surface area contributed by atoms with Crippen LogP contribution in [0.4, 0.5) is 13.2 Å². The second kappa shape index (κ2) is 7.82. The maximum absolute atomic E-state index is 12.8. The molecular weight excluding hydrogens is 395 g/mol. The Morgan fingerprint density at radius 3 is 2.59 bits per heavy atom. The van der Waals surface area contributed by atoms with Gasteiger partial charge in [0.05, 0.1) is 12.7 Å². The molecule has 0 N–H and O–H groups in total. The first kappa shape index (κ1) is 20.2. The number of hydrogen-bond donors (Lipinski definition) is 0. The lowest BCUT2D eigenvalue weighted by molar-refractivity contribution is -0.146. The maximum atomic E-state index is 12.8. The van der Waals surface area contributed by atoms with Gasteiger partial charge in [0.15, 0.2) is 0 Å². The molecule has 3 aromatic rings. The minimum atomic E-state index is -4.66. The van der Waals surface area contributed by atoms with Crippen molar-refractivity contribution in [3.05, 3.63) is 74.5 Å². The highest BCUT2D eigenvalue weighted by Crippen LogP contribution is 2.28. The van der Waals surface area contributed by atoms with Crippen molar-refractivity contribution in [3.63, 3.8) is 0 Å². The van der Waals surface area contributed by atoms with E-state index in [1.165, 1.54) is 13.2 Å². The normalized spacial score (nSPS) is 11.4. The van der Waals surface area contributed by atoms with Crippen LogP contribution in [-0.2, 0) is 28.9 Å². The number of hydrogen-bond acceptors (Lipinski definition) is 6. The summed E-state index contributed by atoms with van der Waals surface area (Å²) in [6.07, 6.45) is -4.11. The van der Waals surface area contributed by atoms with Crippen molar-refractivity contribution in [3.8, 4) is 5.75 Å². The largest absolute Gasteiger partial charge is 0.497 e. The number of rotatable bonds is 5. The van der Waals surface area contributed by atoms with Crippen LogP contribution in [0.5, 0.6) is 5.75 Å². The molecule has 152 valence electrons. The van der Waals surface area contributed by atoms with Gasteiger partial charge in [0.25, 0.3) is 5.56 Å². The Balaban J connectivity index is 1.78. The van der Waals surface area contributed by atoms with Crippen molar-refractivity contribution >= 4 is 16.9 Å². The van der Waals surface area contributed by atoms with E-state index >= 15 is 0 Å². The van der Waals surface area contributed by atoms with E-state index < -0.39 is 35.4 Å². The third-order valence-corrected chi connectivity index (χ3v) is 4.04. The SMILES string of the molecule is COc1ccc2c(COC(=O)Cn3cc(C(F)(F)F)ccc3=O)cc(=O)oc2c1. The fourth-order valence-corrected chi connectivity index (χ4v) is 2.62. The summed E-state index contributed by atoms with van der Waals surface area (Å²) >= 11 is 0. The minimum absolute atomic E-state index is 0.219. The molecule has 7 nitrogen and oxygen atoms in total. The van der Waals surface area contributed by atoms with Crippen molar-refractivity contribution in [1.29, 1.82) is 0 Å². The molecule has 29 heavy (non-hydrogen) atoms. The Kier molecular flexibility index (Phi) is 5.44. The van der Waals surface area contributed by atoms with E-state index in [9.17, 15) is 27.6 Å². The Morgan fingerprint density at radius 2 is 1.90 bits per heavy atom. The summed E-state index contributed by atoms with van der Waals surface area (Å²) in [7, 11) is 1.45. The van der Waals surface area contributed by atoms with Crippen molar-refractivity contribution in [1.82, 2.24) is 4.57 Å². The fraction of sp³-hybridized carbons (Fsp3) is 0.211. The lowest BCUT2D eigenvalue weighted by Crippen LogP contribution is -2.26. The van der Waals surface area contributed by atoms with E-state index in [1.807, 2.05) is 0 Å². The number of ether oxygens (including phenoxy) is 2. The van der Waals surface area contributed by atoms with Crippen molar-refractivity contribution in [2.75, 3.05) is 7.11 Å². The highest BCUT2D eigenvalue weighted by atomic mass is 19.4. The first-order valence-corrected chi connectivity index (χ1v) is 8.21. The van der Waals surface area contributed by atoms with Gasteiger partial charge in [-0.2, -0.15) is 13.2 Å². The van der Waals surface area contributed by atoms with Gasteiger partial charge in [-0.15, -0.1) is 0 Å². The molecule has 0 unspecified atom stereocenters. The van der Waals surface area contributed by atoms with Gasteiger partial charge in [-0.1, -0.05) is 0 Å². The number of pyridine rings is 1. The van der Waals surface area contributed by atoms with Crippen LogP contribution in [0.3, 0.4) is 0 Å². The molecule has 0 aliphatic carbocycles. The van der Waals surface area contributed by atoms with Crippen LogP contribution in [0.15, 0.2) is 56.6 Å². The number of alkyl halides is 3. The predicted octanol–water partition coefficient (Wildman–Crippen LogP) is 2.73. The van der Waals surface area contributed by atoms with E-state index in [-0.39, 0.29) is 12.2 Å². The number of halogens is 3. The third kappa shape index (κ3) is 4.65. The predicted molar refractivity (Wildman–Crippen MR) is 94.5 cm³/mol. The van der Waals surface area contributed by atoms with Crippen LogP contribution >= 0.6 is 0 Å². The van der Waals surface area contributed by atoms with Crippen LogP contribution in [-0.4, -0.2) is 17.6 Å². The van der Waals surface area contributed by atoms with Gasteiger partial charge in [0.1, 0.15) is 24.5 Å². The first-order chi connectivity index (χ1) is 13.7. The van der Waals surface area contributed by atoms with Crippen LogP contribution in [0, 0.1) is 0 Å². The monoisotopic (exact) mass is 409 g/mol. The van der Waals surface area contributed by atoms with Gasteiger partial charge in [-0.3, -0.25) is 9.59 Å². The van der Waals surface area contributed by atoms with Crippen LogP contribution in [0.25, 0.3) is 11.0 Å². The second-order valence-electron chi connectivity index (χ2n) is 6.00. The molecule has 0 fully saturated rings. The van der Waals surface area contributed by atoms with Gasteiger partial charge < -0.3 is 18.5 Å². The number of nitrogens with zero attached hydrogens (tertiary/aromatic N) is 1. The number of carbonyl (C=O) groups is 1. The Morgan fingerprint density at radius 1 is 1.14 bits per heavy atom. The molecule has 0 saturated heterocycles. The standard InChI is InChI=1S/C19H14F3NO6/c1-27-13-3-4-14-11(6-17(25)29-15(14)7-13)10-28-18(26)9-23-8-12(19(20,21)22)2-5-16(23)24/h2-8H,9-10H2,1H3. The summed E-state index contributed by atoms with van der Waals surface area (Å²) in [5, 5.41) is 0.495. The van der Waals surface area contributed by atoms with Crippen LogP contribution in [0.1, 0.15) is 11.1 Å². The van der Waals surface area contributed by atoms with Gasteiger partial charge in [0.2, 0.25) is 0 Å². The molecule has 3 rings (SSSR count). The highest BCUT2D eigenvalue weighted by Gasteiger charge is 2.31.